The first-order valence-electron chi connectivity index (χ1n) is 6.26. The molecule has 1 rings (SSSR count). The molecule has 5 heteroatoms. The Morgan fingerprint density at radius 2 is 1.75 bits per heavy atom. The van der Waals surface area contributed by atoms with E-state index in [9.17, 15) is 8.42 Å². The van der Waals surface area contributed by atoms with Crippen LogP contribution in [-0.2, 0) is 10.0 Å². The highest BCUT2D eigenvalue weighted by atomic mass is 32.2. The van der Waals surface area contributed by atoms with Crippen molar-refractivity contribution in [2.24, 2.45) is 5.92 Å². The van der Waals surface area contributed by atoms with Crippen molar-refractivity contribution in [3.63, 3.8) is 0 Å². The van der Waals surface area contributed by atoms with Crippen molar-refractivity contribution in [1.82, 2.24) is 10.0 Å². The molecule has 96 valence electrons. The van der Waals surface area contributed by atoms with Crippen LogP contribution in [0.2, 0.25) is 0 Å². The molecule has 1 saturated carbocycles. The third-order valence-corrected chi connectivity index (χ3v) is 4.63. The summed E-state index contributed by atoms with van der Waals surface area (Å²) in [7, 11) is -1.58. The molecule has 0 spiro atoms. The van der Waals surface area contributed by atoms with Crippen molar-refractivity contribution in [3.05, 3.63) is 0 Å². The molecular weight excluding hydrogens is 224 g/mol. The summed E-state index contributed by atoms with van der Waals surface area (Å²) < 4.78 is 24.6. The molecule has 4 nitrogen and oxygen atoms in total. The molecule has 0 aliphatic heterocycles. The van der Waals surface area contributed by atoms with Crippen molar-refractivity contribution < 1.29 is 8.42 Å². The number of hydrogen-bond acceptors (Lipinski definition) is 3. The van der Waals surface area contributed by atoms with Crippen molar-refractivity contribution in [2.75, 3.05) is 25.9 Å². The van der Waals surface area contributed by atoms with E-state index < -0.39 is 10.0 Å². The number of sulfonamides is 1. The maximum absolute atomic E-state index is 11.2. The fourth-order valence-electron chi connectivity index (χ4n) is 2.18. The maximum atomic E-state index is 11.2. The van der Waals surface area contributed by atoms with E-state index in [4.69, 9.17) is 0 Å². The Morgan fingerprint density at radius 1 is 1.12 bits per heavy atom. The van der Waals surface area contributed by atoms with Gasteiger partial charge in [0.15, 0.2) is 0 Å². The molecule has 0 radical (unpaired) electrons. The molecule has 1 aliphatic carbocycles. The van der Waals surface area contributed by atoms with Gasteiger partial charge in [0.05, 0.1) is 5.75 Å². The highest BCUT2D eigenvalue weighted by Crippen LogP contribution is 2.21. The molecular formula is C11H24N2O2S. The SMILES string of the molecule is CNS(=O)(=O)CCNCC1CCCCCC1. The van der Waals surface area contributed by atoms with Crippen molar-refractivity contribution in [1.29, 1.82) is 0 Å². The first-order valence-corrected chi connectivity index (χ1v) is 7.91. The van der Waals surface area contributed by atoms with Gasteiger partial charge in [-0.3, -0.25) is 0 Å². The third-order valence-electron chi connectivity index (χ3n) is 3.27. The zero-order chi connectivity index (χ0) is 11.9. The zero-order valence-corrected chi connectivity index (χ0v) is 11.0. The van der Waals surface area contributed by atoms with E-state index in [1.165, 1.54) is 45.6 Å². The van der Waals surface area contributed by atoms with Gasteiger partial charge < -0.3 is 5.32 Å². The lowest BCUT2D eigenvalue weighted by Crippen LogP contribution is -2.32. The van der Waals surface area contributed by atoms with E-state index in [0.29, 0.717) is 6.54 Å². The van der Waals surface area contributed by atoms with E-state index in [1.54, 1.807) is 0 Å². The van der Waals surface area contributed by atoms with E-state index in [-0.39, 0.29) is 5.75 Å². The van der Waals surface area contributed by atoms with E-state index in [1.807, 2.05) is 0 Å². The molecule has 0 bridgehead atoms. The first-order chi connectivity index (χ1) is 7.64. The van der Waals surface area contributed by atoms with E-state index in [2.05, 4.69) is 10.0 Å². The largest absolute Gasteiger partial charge is 0.315 e. The average Bonchev–Trinajstić information content (AvgIpc) is 2.53. The maximum Gasteiger partial charge on any atom is 0.212 e. The van der Waals surface area contributed by atoms with Gasteiger partial charge in [-0.1, -0.05) is 25.7 Å². The smallest absolute Gasteiger partial charge is 0.212 e. The van der Waals surface area contributed by atoms with Crippen molar-refractivity contribution in [2.45, 2.75) is 38.5 Å². The molecule has 0 aromatic heterocycles. The quantitative estimate of drug-likeness (QED) is 0.546. The van der Waals surface area contributed by atoms with Crippen LogP contribution in [0, 0.1) is 5.92 Å². The average molecular weight is 248 g/mol. The Bertz CT molecular complexity index is 270. The minimum absolute atomic E-state index is 0.177. The Balaban J connectivity index is 2.10. The minimum atomic E-state index is -3.04. The van der Waals surface area contributed by atoms with Crippen LogP contribution in [0.25, 0.3) is 0 Å². The summed E-state index contributed by atoms with van der Waals surface area (Å²) in [5.41, 5.74) is 0. The topological polar surface area (TPSA) is 58.2 Å². The molecule has 2 N–H and O–H groups in total. The lowest BCUT2D eigenvalue weighted by atomic mass is 10.0. The lowest BCUT2D eigenvalue weighted by Gasteiger charge is -2.14. The van der Waals surface area contributed by atoms with Gasteiger partial charge in [0.2, 0.25) is 10.0 Å². The monoisotopic (exact) mass is 248 g/mol. The number of rotatable bonds is 6. The second kappa shape index (κ2) is 7.25. The van der Waals surface area contributed by atoms with Crippen LogP contribution < -0.4 is 10.0 Å². The molecule has 16 heavy (non-hydrogen) atoms. The molecule has 0 atom stereocenters. The van der Waals surface area contributed by atoms with Crippen molar-refractivity contribution >= 4 is 10.0 Å². The molecule has 1 aliphatic rings. The fraction of sp³-hybridized carbons (Fsp3) is 1.00. The van der Waals surface area contributed by atoms with Crippen LogP contribution >= 0.6 is 0 Å². The Morgan fingerprint density at radius 3 is 2.31 bits per heavy atom. The van der Waals surface area contributed by atoms with Crippen LogP contribution in [0.15, 0.2) is 0 Å². The van der Waals surface area contributed by atoms with Gasteiger partial charge in [-0.25, -0.2) is 13.1 Å². The summed E-state index contributed by atoms with van der Waals surface area (Å²) in [4.78, 5) is 0. The van der Waals surface area contributed by atoms with Gasteiger partial charge in [-0.2, -0.15) is 0 Å². The zero-order valence-electron chi connectivity index (χ0n) is 10.2. The molecule has 0 amide bonds. The fourth-order valence-corrected chi connectivity index (χ4v) is 2.80. The molecule has 0 heterocycles. The number of hydrogen-bond donors (Lipinski definition) is 2. The summed E-state index contributed by atoms with van der Waals surface area (Å²) in [6.07, 6.45) is 8.00. The first kappa shape index (κ1) is 13.9. The van der Waals surface area contributed by atoms with Crippen LogP contribution in [0.3, 0.4) is 0 Å². The normalized spacial score (nSPS) is 19.6. The van der Waals surface area contributed by atoms with Crippen LogP contribution in [0.4, 0.5) is 0 Å². The Hall–Kier alpha value is -0.130. The van der Waals surface area contributed by atoms with Gasteiger partial charge in [0.25, 0.3) is 0 Å². The van der Waals surface area contributed by atoms with Crippen LogP contribution in [0.1, 0.15) is 38.5 Å². The predicted molar refractivity (Wildman–Crippen MR) is 66.9 cm³/mol. The van der Waals surface area contributed by atoms with Gasteiger partial charge in [-0.05, 0) is 32.4 Å². The second-order valence-corrected chi connectivity index (χ2v) is 6.63. The Kier molecular flexibility index (Phi) is 6.31. The van der Waals surface area contributed by atoms with E-state index >= 15 is 0 Å². The van der Waals surface area contributed by atoms with Gasteiger partial charge in [0.1, 0.15) is 0 Å². The highest BCUT2D eigenvalue weighted by molar-refractivity contribution is 7.89. The molecule has 1 fully saturated rings. The molecule has 0 unspecified atom stereocenters. The molecule has 0 aromatic rings. The lowest BCUT2D eigenvalue weighted by molar-refractivity contribution is 0.430. The minimum Gasteiger partial charge on any atom is -0.315 e. The summed E-state index contributed by atoms with van der Waals surface area (Å²) in [5, 5.41) is 3.25. The summed E-state index contributed by atoms with van der Waals surface area (Å²) in [5.74, 6) is 0.927. The second-order valence-electron chi connectivity index (χ2n) is 4.58. The van der Waals surface area contributed by atoms with E-state index in [0.717, 1.165) is 12.5 Å². The standard InChI is InChI=1S/C11H24N2O2S/c1-12-16(14,15)9-8-13-10-11-6-4-2-3-5-7-11/h11-13H,2-10H2,1H3. The summed E-state index contributed by atoms with van der Waals surface area (Å²) in [6.45, 7) is 1.53. The summed E-state index contributed by atoms with van der Waals surface area (Å²) in [6, 6.07) is 0. The predicted octanol–water partition coefficient (Wildman–Crippen LogP) is 1.10. The van der Waals surface area contributed by atoms with Gasteiger partial charge in [0, 0.05) is 6.54 Å². The van der Waals surface area contributed by atoms with Gasteiger partial charge in [-0.15, -0.1) is 0 Å². The van der Waals surface area contributed by atoms with Crippen LogP contribution in [-0.4, -0.2) is 34.3 Å². The molecule has 0 aromatic carbocycles. The van der Waals surface area contributed by atoms with Crippen molar-refractivity contribution in [3.8, 4) is 0 Å². The van der Waals surface area contributed by atoms with Gasteiger partial charge >= 0.3 is 0 Å². The summed E-state index contributed by atoms with van der Waals surface area (Å²) >= 11 is 0. The van der Waals surface area contributed by atoms with Crippen LogP contribution in [0.5, 0.6) is 0 Å². The third kappa shape index (κ3) is 5.82. The Labute approximate surface area is 99.2 Å². The highest BCUT2D eigenvalue weighted by Gasteiger charge is 2.12. The number of nitrogens with one attached hydrogen (secondary N) is 2. The molecule has 0 saturated heterocycles.